The van der Waals surface area contributed by atoms with Crippen molar-refractivity contribution in [2.45, 2.75) is 26.7 Å². The van der Waals surface area contributed by atoms with Crippen LogP contribution in [0.5, 0.6) is 0 Å². The Morgan fingerprint density at radius 1 is 1.59 bits per heavy atom. The molecule has 2 N–H and O–H groups in total. The third-order valence-corrected chi connectivity index (χ3v) is 2.35. The van der Waals surface area contributed by atoms with Crippen LogP contribution in [-0.2, 0) is 16.0 Å². The molecule has 0 bridgehead atoms. The molecular formula is C11H14F2N2O2. The molecule has 0 atom stereocenters. The number of aromatic nitrogens is 1. The van der Waals surface area contributed by atoms with Gasteiger partial charge in [-0.2, -0.15) is 0 Å². The minimum Gasteiger partial charge on any atom is -0.466 e. The second kappa shape index (κ2) is 5.56. The number of hydrogen-bond donors (Lipinski definition) is 1. The van der Waals surface area contributed by atoms with Crippen LogP contribution in [0.2, 0.25) is 0 Å². The van der Waals surface area contributed by atoms with E-state index >= 15 is 0 Å². The number of pyridine rings is 1. The minimum atomic E-state index is -2.69. The molecule has 0 spiro atoms. The van der Waals surface area contributed by atoms with E-state index in [-0.39, 0.29) is 35.5 Å². The summed E-state index contributed by atoms with van der Waals surface area (Å²) in [4.78, 5) is 15.0. The van der Waals surface area contributed by atoms with Crippen LogP contribution in [0, 0.1) is 6.92 Å². The number of alkyl halides is 2. The van der Waals surface area contributed by atoms with E-state index < -0.39 is 12.4 Å². The number of hydrogen-bond acceptors (Lipinski definition) is 4. The largest absolute Gasteiger partial charge is 0.466 e. The summed E-state index contributed by atoms with van der Waals surface area (Å²) in [5.74, 6) is -0.506. The third-order valence-electron chi connectivity index (χ3n) is 2.35. The van der Waals surface area contributed by atoms with Gasteiger partial charge in [0.25, 0.3) is 6.43 Å². The molecule has 0 aromatic carbocycles. The molecule has 1 aromatic rings. The van der Waals surface area contributed by atoms with E-state index in [0.29, 0.717) is 0 Å². The number of nitrogens with zero attached hydrogens (tertiary/aromatic N) is 1. The fourth-order valence-electron chi connectivity index (χ4n) is 1.50. The maximum absolute atomic E-state index is 12.9. The van der Waals surface area contributed by atoms with Gasteiger partial charge in [0, 0.05) is 17.3 Å². The van der Waals surface area contributed by atoms with E-state index in [9.17, 15) is 13.6 Å². The second-order valence-corrected chi connectivity index (χ2v) is 3.49. The molecule has 1 rings (SSSR count). The zero-order valence-corrected chi connectivity index (χ0v) is 9.67. The van der Waals surface area contributed by atoms with Gasteiger partial charge in [0.1, 0.15) is 5.82 Å². The lowest BCUT2D eigenvalue weighted by Crippen LogP contribution is -2.12. The number of nitrogen functional groups attached to an aromatic ring is 1. The molecule has 0 aliphatic carbocycles. The Balaban J connectivity index is 3.07. The van der Waals surface area contributed by atoms with Crippen molar-refractivity contribution < 1.29 is 18.3 Å². The first-order valence-electron chi connectivity index (χ1n) is 5.15. The van der Waals surface area contributed by atoms with Crippen molar-refractivity contribution in [1.82, 2.24) is 4.98 Å². The SMILES string of the molecule is CCOC(=O)Cc1cnc(N)c(C)c1C(F)F. The monoisotopic (exact) mass is 244 g/mol. The molecule has 1 heterocycles. The van der Waals surface area contributed by atoms with Gasteiger partial charge >= 0.3 is 5.97 Å². The van der Waals surface area contributed by atoms with E-state index in [4.69, 9.17) is 10.5 Å². The van der Waals surface area contributed by atoms with E-state index in [1.807, 2.05) is 0 Å². The van der Waals surface area contributed by atoms with Crippen LogP contribution in [0.25, 0.3) is 0 Å². The van der Waals surface area contributed by atoms with Gasteiger partial charge in [-0.3, -0.25) is 4.79 Å². The number of rotatable bonds is 4. The molecule has 0 radical (unpaired) electrons. The van der Waals surface area contributed by atoms with E-state index in [1.54, 1.807) is 6.92 Å². The highest BCUT2D eigenvalue weighted by Gasteiger charge is 2.20. The average molecular weight is 244 g/mol. The zero-order valence-electron chi connectivity index (χ0n) is 9.67. The summed E-state index contributed by atoms with van der Waals surface area (Å²) in [7, 11) is 0. The Kier molecular flexibility index (Phi) is 4.37. The molecule has 4 nitrogen and oxygen atoms in total. The molecular weight excluding hydrogens is 230 g/mol. The van der Waals surface area contributed by atoms with Gasteiger partial charge in [-0.1, -0.05) is 0 Å². The van der Waals surface area contributed by atoms with E-state index in [1.165, 1.54) is 13.1 Å². The molecule has 0 unspecified atom stereocenters. The summed E-state index contributed by atoms with van der Waals surface area (Å²) in [6, 6.07) is 0. The summed E-state index contributed by atoms with van der Waals surface area (Å²) >= 11 is 0. The van der Waals surface area contributed by atoms with Gasteiger partial charge < -0.3 is 10.5 Å². The van der Waals surface area contributed by atoms with Crippen molar-refractivity contribution >= 4 is 11.8 Å². The number of halogens is 2. The summed E-state index contributed by atoms with van der Waals surface area (Å²) in [5, 5.41) is 0. The molecule has 17 heavy (non-hydrogen) atoms. The molecule has 0 amide bonds. The quantitative estimate of drug-likeness (QED) is 0.823. The molecule has 6 heteroatoms. The highest BCUT2D eigenvalue weighted by Crippen LogP contribution is 2.28. The van der Waals surface area contributed by atoms with Crippen LogP contribution in [0.3, 0.4) is 0 Å². The fourth-order valence-corrected chi connectivity index (χ4v) is 1.50. The summed E-state index contributed by atoms with van der Waals surface area (Å²) in [5.41, 5.74) is 5.59. The first-order chi connectivity index (χ1) is 7.97. The normalized spacial score (nSPS) is 10.6. The Morgan fingerprint density at radius 3 is 2.76 bits per heavy atom. The Hall–Kier alpha value is -1.72. The van der Waals surface area contributed by atoms with Gasteiger partial charge in [-0.05, 0) is 19.4 Å². The Bertz CT molecular complexity index is 422. The van der Waals surface area contributed by atoms with E-state index in [2.05, 4.69) is 4.98 Å². The summed E-state index contributed by atoms with van der Waals surface area (Å²) in [6.45, 7) is 3.32. The predicted octanol–water partition coefficient (Wildman–Crippen LogP) is 2.02. The standard InChI is InChI=1S/C11H14F2N2O2/c1-3-17-8(16)4-7-5-15-11(14)6(2)9(7)10(12)13/h5,10H,3-4H2,1-2H3,(H2,14,15). The maximum atomic E-state index is 12.9. The number of carbonyl (C=O) groups excluding carboxylic acids is 1. The Morgan fingerprint density at radius 2 is 2.24 bits per heavy atom. The molecule has 0 aliphatic rings. The van der Waals surface area contributed by atoms with Gasteiger partial charge in [0.2, 0.25) is 0 Å². The lowest BCUT2D eigenvalue weighted by atomic mass is 10.0. The molecule has 0 aliphatic heterocycles. The lowest BCUT2D eigenvalue weighted by molar-refractivity contribution is -0.142. The van der Waals surface area contributed by atoms with E-state index in [0.717, 1.165) is 0 Å². The Labute approximate surface area is 97.8 Å². The minimum absolute atomic E-state index is 0.0490. The number of nitrogens with two attached hydrogens (primary N) is 1. The van der Waals surface area contributed by atoms with Crippen molar-refractivity contribution in [3.63, 3.8) is 0 Å². The van der Waals surface area contributed by atoms with Gasteiger partial charge in [-0.25, -0.2) is 13.8 Å². The second-order valence-electron chi connectivity index (χ2n) is 3.49. The highest BCUT2D eigenvalue weighted by molar-refractivity contribution is 5.73. The summed E-state index contributed by atoms with van der Waals surface area (Å²) < 4.78 is 30.4. The highest BCUT2D eigenvalue weighted by atomic mass is 19.3. The third kappa shape index (κ3) is 3.12. The van der Waals surface area contributed by atoms with Crippen molar-refractivity contribution in [3.05, 3.63) is 22.9 Å². The zero-order chi connectivity index (χ0) is 13.0. The molecule has 0 fully saturated rings. The molecule has 1 aromatic heterocycles. The smallest absolute Gasteiger partial charge is 0.310 e. The number of carbonyl (C=O) groups is 1. The van der Waals surface area contributed by atoms with Crippen LogP contribution in [0.15, 0.2) is 6.20 Å². The maximum Gasteiger partial charge on any atom is 0.310 e. The van der Waals surface area contributed by atoms with Crippen LogP contribution >= 0.6 is 0 Å². The van der Waals surface area contributed by atoms with Gasteiger partial charge in [0.15, 0.2) is 0 Å². The van der Waals surface area contributed by atoms with Crippen LogP contribution in [0.4, 0.5) is 14.6 Å². The van der Waals surface area contributed by atoms with Gasteiger partial charge in [0.05, 0.1) is 13.0 Å². The van der Waals surface area contributed by atoms with Crippen molar-refractivity contribution in [2.75, 3.05) is 12.3 Å². The topological polar surface area (TPSA) is 65.2 Å². The van der Waals surface area contributed by atoms with Crippen molar-refractivity contribution in [3.8, 4) is 0 Å². The number of anilines is 1. The first-order valence-corrected chi connectivity index (χ1v) is 5.15. The van der Waals surface area contributed by atoms with Crippen LogP contribution in [-0.4, -0.2) is 17.6 Å². The first kappa shape index (κ1) is 13.3. The fraction of sp³-hybridized carbons (Fsp3) is 0.455. The molecule has 0 saturated heterocycles. The summed E-state index contributed by atoms with van der Waals surface area (Å²) in [6.07, 6.45) is -1.72. The lowest BCUT2D eigenvalue weighted by Gasteiger charge is -2.12. The van der Waals surface area contributed by atoms with Gasteiger partial charge in [-0.15, -0.1) is 0 Å². The number of esters is 1. The van der Waals surface area contributed by atoms with Crippen molar-refractivity contribution in [2.24, 2.45) is 0 Å². The molecule has 0 saturated carbocycles. The van der Waals surface area contributed by atoms with Crippen LogP contribution < -0.4 is 5.73 Å². The predicted molar refractivity (Wildman–Crippen MR) is 58.7 cm³/mol. The number of ether oxygens (including phenoxy) is 1. The average Bonchev–Trinajstić information content (AvgIpc) is 2.23. The van der Waals surface area contributed by atoms with Crippen molar-refractivity contribution in [1.29, 1.82) is 0 Å². The molecule has 94 valence electrons. The van der Waals surface area contributed by atoms with Crippen LogP contribution in [0.1, 0.15) is 30.0 Å².